The molecule has 1 heterocycles. The summed E-state index contributed by atoms with van der Waals surface area (Å²) < 4.78 is 0. The van der Waals surface area contributed by atoms with Gasteiger partial charge >= 0.3 is 0 Å². The maximum absolute atomic E-state index is 12.1. The van der Waals surface area contributed by atoms with Gasteiger partial charge in [0.25, 0.3) is 5.56 Å². The van der Waals surface area contributed by atoms with Crippen molar-refractivity contribution in [1.29, 1.82) is 0 Å². The zero-order chi connectivity index (χ0) is 16.1. The molecule has 1 aromatic heterocycles. The summed E-state index contributed by atoms with van der Waals surface area (Å²) in [5, 5.41) is 3.37. The second-order valence-corrected chi connectivity index (χ2v) is 6.23. The minimum atomic E-state index is -0.208. The number of hydrogen-bond donors (Lipinski definition) is 2. The van der Waals surface area contributed by atoms with E-state index in [1.165, 1.54) is 17.8 Å². The summed E-state index contributed by atoms with van der Waals surface area (Å²) in [7, 11) is 0. The molecule has 1 amide bonds. The summed E-state index contributed by atoms with van der Waals surface area (Å²) in [6.45, 7) is 5.92. The standard InChI is InChI=1S/C16H19N3O2S/c1-10(2)12-6-4-5-7-13(12)18-15(21)9-22-16-17-11(3)8-14(20)19-16/h4-8,10H,9H2,1-3H3,(H,18,21)(H,17,19,20). The van der Waals surface area contributed by atoms with Crippen LogP contribution in [0.15, 0.2) is 40.3 Å². The number of nitrogens with zero attached hydrogens (tertiary/aromatic N) is 1. The summed E-state index contributed by atoms with van der Waals surface area (Å²) in [6, 6.07) is 9.18. The van der Waals surface area contributed by atoms with E-state index in [1.807, 2.05) is 24.3 Å². The lowest BCUT2D eigenvalue weighted by Gasteiger charge is -2.13. The SMILES string of the molecule is Cc1cc(=O)[nH]c(SCC(=O)Nc2ccccc2C(C)C)n1. The molecule has 0 unspecified atom stereocenters. The van der Waals surface area contributed by atoms with Crippen LogP contribution in [-0.2, 0) is 4.79 Å². The van der Waals surface area contributed by atoms with Crippen LogP contribution in [0.5, 0.6) is 0 Å². The molecule has 0 aliphatic carbocycles. The number of carbonyl (C=O) groups is 1. The van der Waals surface area contributed by atoms with Gasteiger partial charge in [-0.3, -0.25) is 9.59 Å². The van der Waals surface area contributed by atoms with E-state index < -0.39 is 0 Å². The number of anilines is 1. The van der Waals surface area contributed by atoms with Gasteiger partial charge in [0.15, 0.2) is 5.16 Å². The summed E-state index contributed by atoms with van der Waals surface area (Å²) in [6.07, 6.45) is 0. The number of carbonyl (C=O) groups excluding carboxylic acids is 1. The van der Waals surface area contributed by atoms with E-state index >= 15 is 0 Å². The normalized spacial score (nSPS) is 10.7. The van der Waals surface area contributed by atoms with Gasteiger partial charge in [-0.25, -0.2) is 4.98 Å². The smallest absolute Gasteiger partial charge is 0.251 e. The molecule has 2 rings (SSSR count). The lowest BCUT2D eigenvalue weighted by molar-refractivity contribution is -0.113. The van der Waals surface area contributed by atoms with Crippen LogP contribution in [0.1, 0.15) is 31.0 Å². The second-order valence-electron chi connectivity index (χ2n) is 5.27. The van der Waals surface area contributed by atoms with E-state index in [0.29, 0.717) is 16.8 Å². The number of aromatic amines is 1. The van der Waals surface area contributed by atoms with Gasteiger partial charge in [-0.1, -0.05) is 43.8 Å². The minimum absolute atomic E-state index is 0.123. The first-order valence-corrected chi connectivity index (χ1v) is 8.04. The number of thioether (sulfide) groups is 1. The van der Waals surface area contributed by atoms with Crippen molar-refractivity contribution in [2.45, 2.75) is 31.8 Å². The van der Waals surface area contributed by atoms with Crippen LogP contribution in [0.2, 0.25) is 0 Å². The Balaban J connectivity index is 2.00. The molecule has 0 atom stereocenters. The van der Waals surface area contributed by atoms with Crippen molar-refractivity contribution in [3.8, 4) is 0 Å². The van der Waals surface area contributed by atoms with Gasteiger partial charge in [0, 0.05) is 17.4 Å². The van der Waals surface area contributed by atoms with E-state index in [4.69, 9.17) is 0 Å². The van der Waals surface area contributed by atoms with Crippen LogP contribution in [0.4, 0.5) is 5.69 Å². The molecule has 0 saturated heterocycles. The van der Waals surface area contributed by atoms with Crippen molar-refractivity contribution in [1.82, 2.24) is 9.97 Å². The molecule has 0 spiro atoms. The monoisotopic (exact) mass is 317 g/mol. The summed E-state index contributed by atoms with van der Waals surface area (Å²) >= 11 is 1.21. The summed E-state index contributed by atoms with van der Waals surface area (Å²) in [5.41, 5.74) is 2.36. The third-order valence-electron chi connectivity index (χ3n) is 3.04. The first-order chi connectivity index (χ1) is 10.5. The molecule has 0 aliphatic heterocycles. The molecular formula is C16H19N3O2S. The van der Waals surface area contributed by atoms with Crippen LogP contribution in [-0.4, -0.2) is 21.6 Å². The number of para-hydroxylation sites is 1. The fourth-order valence-electron chi connectivity index (χ4n) is 2.05. The number of benzene rings is 1. The Bertz CT molecular complexity index is 725. The van der Waals surface area contributed by atoms with E-state index in [2.05, 4.69) is 29.1 Å². The summed E-state index contributed by atoms with van der Waals surface area (Å²) in [5.74, 6) is 0.403. The van der Waals surface area contributed by atoms with Gasteiger partial charge in [0.2, 0.25) is 5.91 Å². The maximum Gasteiger partial charge on any atom is 0.251 e. The van der Waals surface area contributed by atoms with Crippen molar-refractivity contribution in [3.05, 3.63) is 51.9 Å². The molecule has 5 nitrogen and oxygen atoms in total. The molecule has 0 aliphatic rings. The predicted octanol–water partition coefficient (Wildman–Crippen LogP) is 2.93. The van der Waals surface area contributed by atoms with E-state index in [-0.39, 0.29) is 17.2 Å². The highest BCUT2D eigenvalue weighted by Crippen LogP contribution is 2.24. The number of hydrogen-bond acceptors (Lipinski definition) is 4. The fourth-order valence-corrected chi connectivity index (χ4v) is 2.78. The van der Waals surface area contributed by atoms with Gasteiger partial charge in [-0.2, -0.15) is 0 Å². The van der Waals surface area contributed by atoms with Crippen LogP contribution in [0, 0.1) is 6.92 Å². The number of H-pyrrole nitrogens is 1. The Kier molecular flexibility index (Phi) is 5.38. The molecule has 22 heavy (non-hydrogen) atoms. The number of aryl methyl sites for hydroxylation is 1. The van der Waals surface area contributed by atoms with Gasteiger partial charge in [0.05, 0.1) is 5.75 Å². The Morgan fingerprint density at radius 1 is 1.36 bits per heavy atom. The van der Waals surface area contributed by atoms with E-state index in [1.54, 1.807) is 6.92 Å². The number of nitrogens with one attached hydrogen (secondary N) is 2. The zero-order valence-electron chi connectivity index (χ0n) is 12.8. The van der Waals surface area contributed by atoms with Gasteiger partial charge in [0.1, 0.15) is 0 Å². The Morgan fingerprint density at radius 3 is 2.77 bits per heavy atom. The quantitative estimate of drug-likeness (QED) is 0.657. The first-order valence-electron chi connectivity index (χ1n) is 7.05. The average molecular weight is 317 g/mol. The number of rotatable bonds is 5. The van der Waals surface area contributed by atoms with Crippen LogP contribution < -0.4 is 10.9 Å². The zero-order valence-corrected chi connectivity index (χ0v) is 13.7. The third kappa shape index (κ3) is 4.46. The Labute approximate surface area is 133 Å². The predicted molar refractivity (Wildman–Crippen MR) is 89.5 cm³/mol. The fraction of sp³-hybridized carbons (Fsp3) is 0.312. The van der Waals surface area contributed by atoms with Gasteiger partial charge < -0.3 is 10.3 Å². The van der Waals surface area contributed by atoms with E-state index in [0.717, 1.165) is 11.3 Å². The highest BCUT2D eigenvalue weighted by atomic mass is 32.2. The van der Waals surface area contributed by atoms with Gasteiger partial charge in [-0.05, 0) is 24.5 Å². The first kappa shape index (κ1) is 16.3. The Morgan fingerprint density at radius 2 is 2.09 bits per heavy atom. The molecule has 0 radical (unpaired) electrons. The second kappa shape index (κ2) is 7.26. The van der Waals surface area contributed by atoms with Gasteiger partial charge in [-0.15, -0.1) is 0 Å². The van der Waals surface area contributed by atoms with Crippen molar-refractivity contribution >= 4 is 23.4 Å². The molecule has 116 valence electrons. The molecule has 2 N–H and O–H groups in total. The molecule has 6 heteroatoms. The number of amides is 1. The topological polar surface area (TPSA) is 74.8 Å². The molecule has 0 bridgehead atoms. The third-order valence-corrected chi connectivity index (χ3v) is 3.92. The van der Waals surface area contributed by atoms with Crippen LogP contribution in [0.3, 0.4) is 0 Å². The average Bonchev–Trinajstić information content (AvgIpc) is 2.44. The highest BCUT2D eigenvalue weighted by molar-refractivity contribution is 7.99. The Hall–Kier alpha value is -2.08. The van der Waals surface area contributed by atoms with E-state index in [9.17, 15) is 9.59 Å². The molecular weight excluding hydrogens is 298 g/mol. The van der Waals surface area contributed by atoms with Crippen molar-refractivity contribution < 1.29 is 4.79 Å². The minimum Gasteiger partial charge on any atom is -0.325 e. The summed E-state index contributed by atoms with van der Waals surface area (Å²) in [4.78, 5) is 30.2. The van der Waals surface area contributed by atoms with Crippen LogP contribution >= 0.6 is 11.8 Å². The van der Waals surface area contributed by atoms with Crippen molar-refractivity contribution in [2.75, 3.05) is 11.1 Å². The lowest BCUT2D eigenvalue weighted by atomic mass is 10.0. The van der Waals surface area contributed by atoms with Crippen molar-refractivity contribution in [2.24, 2.45) is 0 Å². The molecule has 0 saturated carbocycles. The lowest BCUT2D eigenvalue weighted by Crippen LogP contribution is -2.16. The highest BCUT2D eigenvalue weighted by Gasteiger charge is 2.10. The van der Waals surface area contributed by atoms with Crippen LogP contribution in [0.25, 0.3) is 0 Å². The number of aromatic nitrogens is 2. The maximum atomic E-state index is 12.1. The largest absolute Gasteiger partial charge is 0.325 e. The molecule has 1 aromatic carbocycles. The van der Waals surface area contributed by atoms with Crippen molar-refractivity contribution in [3.63, 3.8) is 0 Å². The molecule has 2 aromatic rings. The molecule has 0 fully saturated rings.